The second-order valence-electron chi connectivity index (χ2n) is 9.21. The molecule has 1 aromatic carbocycles. The molecule has 2 fully saturated rings. The number of ether oxygens (including phenoxy) is 7. The zero-order chi connectivity index (χ0) is 27.9. The predicted octanol–water partition coefficient (Wildman–Crippen LogP) is 2.88. The van der Waals surface area contributed by atoms with Gasteiger partial charge in [-0.2, -0.15) is 0 Å². The van der Waals surface area contributed by atoms with Gasteiger partial charge in [-0.25, -0.2) is 14.5 Å². The lowest BCUT2D eigenvalue weighted by atomic mass is 10.1. The van der Waals surface area contributed by atoms with Crippen LogP contribution in [0.1, 0.15) is 43.0 Å². The largest absolute Gasteiger partial charge is 0.493 e. The fourth-order valence-electron chi connectivity index (χ4n) is 5.12. The molecule has 0 bridgehead atoms. The Morgan fingerprint density at radius 2 is 1.90 bits per heavy atom. The minimum Gasteiger partial charge on any atom is -0.493 e. The summed E-state index contributed by atoms with van der Waals surface area (Å²) in [5, 5.41) is 0. The van der Waals surface area contributed by atoms with Crippen molar-refractivity contribution in [2.75, 3.05) is 52.1 Å². The number of rotatable bonds is 10. The van der Waals surface area contributed by atoms with Crippen molar-refractivity contribution in [2.45, 2.75) is 57.3 Å². The maximum atomic E-state index is 14.0. The number of carbonyl (C=O) groups is 3. The van der Waals surface area contributed by atoms with E-state index in [1.54, 1.807) is 17.9 Å². The number of hydrogen-bond acceptors (Lipinski definition) is 10. The van der Waals surface area contributed by atoms with Crippen LogP contribution < -0.4 is 14.4 Å². The molecule has 0 saturated carbocycles. The minimum absolute atomic E-state index is 0.0598. The van der Waals surface area contributed by atoms with Gasteiger partial charge in [-0.3, -0.25) is 4.79 Å². The number of methoxy groups -OCH3 is 2. The Hall–Kier alpha value is -3.35. The highest BCUT2D eigenvalue weighted by Gasteiger charge is 2.52. The highest BCUT2D eigenvalue weighted by atomic mass is 16.7. The van der Waals surface area contributed by atoms with Gasteiger partial charge < -0.3 is 38.1 Å². The average Bonchev–Trinajstić information content (AvgIpc) is 3.34. The first-order valence-electron chi connectivity index (χ1n) is 13.1. The molecule has 4 rings (SSSR count). The van der Waals surface area contributed by atoms with E-state index in [-0.39, 0.29) is 37.0 Å². The topological polar surface area (TPSA) is 122 Å². The maximum absolute atomic E-state index is 14.0. The smallest absolute Gasteiger partial charge is 0.416 e. The van der Waals surface area contributed by atoms with E-state index in [1.165, 1.54) is 31.3 Å². The van der Waals surface area contributed by atoms with Crippen LogP contribution in [0.5, 0.6) is 11.5 Å². The van der Waals surface area contributed by atoms with Crippen molar-refractivity contribution in [3.05, 3.63) is 30.4 Å². The zero-order valence-electron chi connectivity index (χ0n) is 22.6. The first-order chi connectivity index (χ1) is 18.9. The first kappa shape index (κ1) is 28.7. The molecule has 0 aromatic heterocycles. The highest BCUT2D eigenvalue weighted by Crippen LogP contribution is 2.43. The van der Waals surface area contributed by atoms with Crippen LogP contribution in [0.3, 0.4) is 0 Å². The predicted molar refractivity (Wildman–Crippen MR) is 138 cm³/mol. The molecule has 3 aliphatic rings. The van der Waals surface area contributed by atoms with Crippen LogP contribution in [0, 0.1) is 0 Å². The number of benzene rings is 1. The van der Waals surface area contributed by atoms with Gasteiger partial charge in [-0.1, -0.05) is 12.7 Å². The summed E-state index contributed by atoms with van der Waals surface area (Å²) in [4.78, 5) is 42.6. The molecule has 214 valence electrons. The lowest BCUT2D eigenvalue weighted by Gasteiger charge is -2.39. The van der Waals surface area contributed by atoms with Gasteiger partial charge in [0.05, 0.1) is 38.2 Å². The molecule has 1 aromatic rings. The molecule has 2 saturated heterocycles. The van der Waals surface area contributed by atoms with Crippen LogP contribution in [0.2, 0.25) is 0 Å². The lowest BCUT2D eigenvalue weighted by Crippen LogP contribution is -2.57. The van der Waals surface area contributed by atoms with E-state index < -0.39 is 36.7 Å². The van der Waals surface area contributed by atoms with Crippen LogP contribution in [-0.4, -0.2) is 94.7 Å². The number of amides is 2. The molecule has 4 atom stereocenters. The Kier molecular flexibility index (Phi) is 9.65. The molecule has 12 heteroatoms. The van der Waals surface area contributed by atoms with Crippen molar-refractivity contribution in [3.8, 4) is 11.5 Å². The van der Waals surface area contributed by atoms with Crippen LogP contribution in [0.15, 0.2) is 24.8 Å². The second kappa shape index (κ2) is 13.1. The summed E-state index contributed by atoms with van der Waals surface area (Å²) in [6, 6.07) is 2.31. The number of nitrogens with zero attached hydrogens (tertiary/aromatic N) is 2. The molecule has 39 heavy (non-hydrogen) atoms. The van der Waals surface area contributed by atoms with E-state index >= 15 is 0 Å². The number of esters is 1. The second-order valence-corrected chi connectivity index (χ2v) is 9.21. The summed E-state index contributed by atoms with van der Waals surface area (Å²) >= 11 is 0. The van der Waals surface area contributed by atoms with Crippen molar-refractivity contribution in [1.82, 2.24) is 4.90 Å². The maximum Gasteiger partial charge on any atom is 0.416 e. The summed E-state index contributed by atoms with van der Waals surface area (Å²) in [6.45, 7) is 6.01. The summed E-state index contributed by atoms with van der Waals surface area (Å²) in [6.07, 6.45) is 1.18. The third kappa shape index (κ3) is 6.13. The van der Waals surface area contributed by atoms with Crippen LogP contribution in [0.4, 0.5) is 10.5 Å². The van der Waals surface area contributed by atoms with Gasteiger partial charge in [0.25, 0.3) is 5.91 Å². The van der Waals surface area contributed by atoms with Gasteiger partial charge in [-0.05, 0) is 38.7 Å². The van der Waals surface area contributed by atoms with Gasteiger partial charge in [0, 0.05) is 19.2 Å². The quantitative estimate of drug-likeness (QED) is 0.319. The molecule has 3 aliphatic heterocycles. The van der Waals surface area contributed by atoms with Crippen molar-refractivity contribution in [1.29, 1.82) is 0 Å². The van der Waals surface area contributed by atoms with E-state index in [1.807, 2.05) is 0 Å². The van der Waals surface area contributed by atoms with Gasteiger partial charge in [-0.15, -0.1) is 0 Å². The third-order valence-electron chi connectivity index (χ3n) is 6.87. The first-order valence-corrected chi connectivity index (χ1v) is 13.1. The standard InChI is InChI=1S/C27H36N2O10/c1-5-12-37-27(32)29-18-15-21(34-4)20(33-3)14-17(18)25(31)28-11-10-19(38-16-22(30)35-6-2)24(28)26(29)39-23-9-7-8-13-36-23/h5,14-15,19,23-24,26H,1,6-13,16H2,2-4H3/t19-,23?,24-,26?/m0/s1. The van der Waals surface area contributed by atoms with Gasteiger partial charge >= 0.3 is 12.1 Å². The average molecular weight is 549 g/mol. The Morgan fingerprint density at radius 1 is 1.13 bits per heavy atom. The van der Waals surface area contributed by atoms with Gasteiger partial charge in [0.15, 0.2) is 24.0 Å². The lowest BCUT2D eigenvalue weighted by molar-refractivity contribution is -0.202. The SMILES string of the molecule is C=CCOC(=O)N1c2cc(OC)c(OC)cc2C(=O)N2CC[C@H](OCC(=O)OCC)[C@H]2C1OC1CCCCO1. The van der Waals surface area contributed by atoms with Crippen LogP contribution in [0.25, 0.3) is 0 Å². The normalized spacial score (nSPS) is 24.3. The Labute approximate surface area is 227 Å². The number of fused-ring (bicyclic) bond motifs is 2. The number of carbonyl (C=O) groups excluding carboxylic acids is 3. The van der Waals surface area contributed by atoms with E-state index in [0.717, 1.165) is 12.8 Å². The van der Waals surface area contributed by atoms with Crippen molar-refractivity contribution >= 4 is 23.7 Å². The molecule has 0 spiro atoms. The summed E-state index contributed by atoms with van der Waals surface area (Å²) in [5.74, 6) is -0.236. The van der Waals surface area contributed by atoms with Gasteiger partial charge in [0.2, 0.25) is 0 Å². The Bertz CT molecular complexity index is 1060. The van der Waals surface area contributed by atoms with Crippen molar-refractivity contribution in [3.63, 3.8) is 0 Å². The van der Waals surface area contributed by atoms with Crippen LogP contribution >= 0.6 is 0 Å². The van der Waals surface area contributed by atoms with E-state index in [0.29, 0.717) is 37.5 Å². The molecular weight excluding hydrogens is 512 g/mol. The third-order valence-corrected chi connectivity index (χ3v) is 6.87. The van der Waals surface area contributed by atoms with Gasteiger partial charge in [0.1, 0.15) is 19.3 Å². The fraction of sp³-hybridized carbons (Fsp3) is 0.593. The Balaban J connectivity index is 1.82. The molecule has 0 aliphatic carbocycles. The minimum atomic E-state index is -1.07. The zero-order valence-corrected chi connectivity index (χ0v) is 22.6. The number of anilines is 1. The summed E-state index contributed by atoms with van der Waals surface area (Å²) in [5.41, 5.74) is 0.431. The fourth-order valence-corrected chi connectivity index (χ4v) is 5.12. The van der Waals surface area contributed by atoms with Crippen molar-refractivity contribution in [2.24, 2.45) is 0 Å². The highest BCUT2D eigenvalue weighted by molar-refractivity contribution is 6.06. The Morgan fingerprint density at radius 3 is 2.56 bits per heavy atom. The number of hydrogen-bond donors (Lipinski definition) is 0. The van der Waals surface area contributed by atoms with E-state index in [9.17, 15) is 14.4 Å². The molecular formula is C27H36N2O10. The molecule has 12 nitrogen and oxygen atoms in total. The van der Waals surface area contributed by atoms with E-state index in [4.69, 9.17) is 33.2 Å². The molecule has 0 N–H and O–H groups in total. The molecule has 0 radical (unpaired) electrons. The van der Waals surface area contributed by atoms with Crippen LogP contribution in [-0.2, 0) is 28.5 Å². The van der Waals surface area contributed by atoms with Crippen molar-refractivity contribution < 1.29 is 47.5 Å². The molecule has 2 unspecified atom stereocenters. The monoisotopic (exact) mass is 548 g/mol. The summed E-state index contributed by atoms with van der Waals surface area (Å²) in [7, 11) is 2.93. The molecule has 3 heterocycles. The van der Waals surface area contributed by atoms with E-state index in [2.05, 4.69) is 6.58 Å². The molecule has 2 amide bonds. The summed E-state index contributed by atoms with van der Waals surface area (Å²) < 4.78 is 39.7.